The molecule has 2 amide bonds. The molecule has 8 fully saturated rings. The second-order valence-corrected chi connectivity index (χ2v) is 25.3. The van der Waals surface area contributed by atoms with Crippen LogP contribution in [0, 0.1) is 92.7 Å². The first-order valence-electron chi connectivity index (χ1n) is 27.1. The van der Waals surface area contributed by atoms with E-state index in [1.54, 1.807) is 0 Å². The van der Waals surface area contributed by atoms with Gasteiger partial charge in [0.15, 0.2) is 0 Å². The number of amides is 2. The molecule has 0 aromatic rings. The lowest BCUT2D eigenvalue weighted by atomic mass is 9.43. The number of carbonyl (C=O) groups is 2. The predicted molar refractivity (Wildman–Crippen MR) is 253 cm³/mol. The van der Waals surface area contributed by atoms with Crippen molar-refractivity contribution in [3.8, 4) is 0 Å². The van der Waals surface area contributed by atoms with E-state index in [2.05, 4.69) is 46.9 Å². The number of nitrogens with two attached hydrogens (primary N) is 1. The Kier molecular flexibility index (Phi) is 15.0. The van der Waals surface area contributed by atoms with Gasteiger partial charge in [-0.05, 0) is 215 Å². The second-order valence-electron chi connectivity index (χ2n) is 25.3. The highest BCUT2D eigenvalue weighted by molar-refractivity contribution is 5.76. The van der Waals surface area contributed by atoms with Gasteiger partial charge in [-0.3, -0.25) is 9.59 Å². The van der Waals surface area contributed by atoms with Crippen LogP contribution in [-0.4, -0.2) is 110 Å². The normalized spacial score (nSPS) is 48.7. The number of nitrogens with one attached hydrogen (secondary N) is 1. The van der Waals surface area contributed by atoms with Gasteiger partial charge in [-0.1, -0.05) is 41.5 Å². The highest BCUT2D eigenvalue weighted by Crippen LogP contribution is 2.70. The fourth-order valence-electron chi connectivity index (χ4n) is 18.8. The van der Waals surface area contributed by atoms with Crippen molar-refractivity contribution in [2.75, 3.05) is 26.2 Å². The second kappa shape index (κ2) is 19.5. The Balaban J connectivity index is 0.791. The standard InChI is InChI=1S/C54H93N3O8/c1-31(37-11-13-39-49-41(29-45(62)53(37,39)5)51(3)19-17-35(58)25-33(51)27-43(49)60)9-15-47(64)56-22-8-24-57(23-7-21-55)48(65)16-10-32(2)38-12-14-40-50-42(30-46(63)54(38,40)6)52(4)20-18-36(59)26-34(52)28-44(50)61/h31-46,49-50,58-63H,7-30,55H2,1-6H3,(H,56,64)/t31?,32?,33?,34?,35-,36-,37?,38?,39?,40?,41?,42?,43-,44-,45+,46+,49?,50?,51+,52+,53-,54-/m1/s1. The maximum absolute atomic E-state index is 13.8. The number of fused-ring (bicyclic) bond motifs is 10. The van der Waals surface area contributed by atoms with Gasteiger partial charge in [0, 0.05) is 32.5 Å². The van der Waals surface area contributed by atoms with Crippen LogP contribution in [0.1, 0.15) is 170 Å². The van der Waals surface area contributed by atoms with Crippen LogP contribution in [0.2, 0.25) is 0 Å². The monoisotopic (exact) mass is 912 g/mol. The van der Waals surface area contributed by atoms with Gasteiger partial charge in [0.05, 0.1) is 36.6 Å². The molecule has 65 heavy (non-hydrogen) atoms. The van der Waals surface area contributed by atoms with Crippen molar-refractivity contribution in [1.82, 2.24) is 10.2 Å². The van der Waals surface area contributed by atoms with Gasteiger partial charge in [-0.2, -0.15) is 0 Å². The summed E-state index contributed by atoms with van der Waals surface area (Å²) < 4.78 is 0. The Bertz CT molecular complexity index is 1670. The number of aliphatic hydroxyl groups excluding tert-OH is 6. The van der Waals surface area contributed by atoms with Gasteiger partial charge in [-0.25, -0.2) is 0 Å². The first kappa shape index (κ1) is 50.1. The SMILES string of the molecule is CC(CCC(=O)NCCCN(CCCN)C(=O)CCC(C)C1CCC2C3C(C[C@H](O)[C@]12C)[C@@]1(C)CC[C@@H](O)CC1C[C@H]3O)C1CCC2C3C(C[C@H](O)[C@]12C)[C@@]1(C)CC[C@@H](O)CC1C[C@H]3O. The van der Waals surface area contributed by atoms with Crippen LogP contribution in [0.3, 0.4) is 0 Å². The zero-order chi connectivity index (χ0) is 46.8. The molecule has 0 spiro atoms. The number of hydrogen-bond acceptors (Lipinski definition) is 9. The van der Waals surface area contributed by atoms with Gasteiger partial charge in [0.2, 0.25) is 11.8 Å². The lowest BCUT2D eigenvalue weighted by Crippen LogP contribution is -2.62. The molecule has 0 aliphatic heterocycles. The van der Waals surface area contributed by atoms with Gasteiger partial charge in [0.25, 0.3) is 0 Å². The van der Waals surface area contributed by atoms with Crippen molar-refractivity contribution in [3.05, 3.63) is 0 Å². The van der Waals surface area contributed by atoms with Crippen molar-refractivity contribution in [2.45, 2.75) is 207 Å². The molecule has 22 atom stereocenters. The Morgan fingerprint density at radius 2 is 1.08 bits per heavy atom. The molecule has 372 valence electrons. The van der Waals surface area contributed by atoms with Crippen molar-refractivity contribution >= 4 is 11.8 Å². The van der Waals surface area contributed by atoms with Crippen LogP contribution in [-0.2, 0) is 9.59 Å². The molecule has 8 aliphatic carbocycles. The fraction of sp³-hybridized carbons (Fsp3) is 0.963. The van der Waals surface area contributed by atoms with Crippen molar-refractivity contribution < 1.29 is 40.2 Å². The van der Waals surface area contributed by atoms with Crippen LogP contribution in [0.4, 0.5) is 0 Å². The molecule has 0 saturated heterocycles. The van der Waals surface area contributed by atoms with E-state index < -0.39 is 24.4 Å². The third-order valence-electron chi connectivity index (χ3n) is 22.6. The summed E-state index contributed by atoms with van der Waals surface area (Å²) in [4.78, 5) is 29.0. The van der Waals surface area contributed by atoms with E-state index in [1.807, 2.05) is 4.90 Å². The van der Waals surface area contributed by atoms with E-state index in [1.165, 1.54) is 0 Å². The third-order valence-corrected chi connectivity index (χ3v) is 22.6. The Morgan fingerprint density at radius 3 is 1.55 bits per heavy atom. The zero-order valence-electron chi connectivity index (χ0n) is 41.4. The van der Waals surface area contributed by atoms with Crippen LogP contribution in [0.25, 0.3) is 0 Å². The van der Waals surface area contributed by atoms with Crippen LogP contribution >= 0.6 is 0 Å². The van der Waals surface area contributed by atoms with E-state index >= 15 is 0 Å². The molecule has 0 aromatic carbocycles. The van der Waals surface area contributed by atoms with E-state index in [9.17, 15) is 40.2 Å². The summed E-state index contributed by atoms with van der Waals surface area (Å²) in [6.45, 7) is 16.0. The molecule has 12 unspecified atom stereocenters. The highest BCUT2D eigenvalue weighted by Gasteiger charge is 2.67. The van der Waals surface area contributed by atoms with Crippen LogP contribution < -0.4 is 11.1 Å². The topological polar surface area (TPSA) is 197 Å². The van der Waals surface area contributed by atoms with Gasteiger partial charge in [-0.15, -0.1) is 0 Å². The molecule has 9 N–H and O–H groups in total. The molecule has 0 radical (unpaired) electrons. The largest absolute Gasteiger partial charge is 0.393 e. The molecule has 8 aliphatic rings. The first-order chi connectivity index (χ1) is 30.8. The summed E-state index contributed by atoms with van der Waals surface area (Å²) in [6.07, 6.45) is 13.6. The Morgan fingerprint density at radius 1 is 0.615 bits per heavy atom. The van der Waals surface area contributed by atoms with Crippen molar-refractivity contribution in [3.63, 3.8) is 0 Å². The van der Waals surface area contributed by atoms with Crippen LogP contribution in [0.15, 0.2) is 0 Å². The number of rotatable bonds is 15. The number of carbonyl (C=O) groups excluding carboxylic acids is 2. The summed E-state index contributed by atoms with van der Waals surface area (Å²) in [5, 5.41) is 71.5. The van der Waals surface area contributed by atoms with Gasteiger partial charge in [0.1, 0.15) is 0 Å². The lowest BCUT2D eigenvalue weighted by molar-refractivity contribution is -0.207. The quantitative estimate of drug-likeness (QED) is 0.0855. The minimum absolute atomic E-state index is 0.0300. The maximum Gasteiger partial charge on any atom is 0.222 e. The number of hydrogen-bond donors (Lipinski definition) is 8. The number of aliphatic hydroxyl groups is 6. The molecule has 11 heteroatoms. The van der Waals surface area contributed by atoms with E-state index in [-0.39, 0.29) is 98.9 Å². The summed E-state index contributed by atoms with van der Waals surface area (Å²) in [5.41, 5.74) is 5.44. The molecule has 0 heterocycles. The maximum atomic E-state index is 13.8. The minimum atomic E-state index is -0.442. The molecule has 8 rings (SSSR count). The van der Waals surface area contributed by atoms with E-state index in [0.29, 0.717) is 69.6 Å². The van der Waals surface area contributed by atoms with E-state index in [0.717, 1.165) is 103 Å². The average Bonchev–Trinajstić information content (AvgIpc) is 3.82. The average molecular weight is 912 g/mol. The molecule has 0 bridgehead atoms. The van der Waals surface area contributed by atoms with Gasteiger partial charge >= 0.3 is 0 Å². The Hall–Kier alpha value is -1.34. The van der Waals surface area contributed by atoms with Crippen molar-refractivity contribution in [2.24, 2.45) is 98.4 Å². The smallest absolute Gasteiger partial charge is 0.222 e. The molecular formula is C54H93N3O8. The fourth-order valence-corrected chi connectivity index (χ4v) is 18.8. The Labute approximate surface area is 392 Å². The molecule has 11 nitrogen and oxygen atoms in total. The predicted octanol–water partition coefficient (Wildman–Crippen LogP) is 6.43. The summed E-state index contributed by atoms with van der Waals surface area (Å²) in [5.74, 6) is 3.28. The highest BCUT2D eigenvalue weighted by atomic mass is 16.3. The van der Waals surface area contributed by atoms with Crippen molar-refractivity contribution in [1.29, 1.82) is 0 Å². The zero-order valence-corrected chi connectivity index (χ0v) is 41.4. The van der Waals surface area contributed by atoms with E-state index in [4.69, 9.17) is 5.73 Å². The third kappa shape index (κ3) is 8.82. The minimum Gasteiger partial charge on any atom is -0.393 e. The summed E-state index contributed by atoms with van der Waals surface area (Å²) in [6, 6.07) is 0. The first-order valence-corrected chi connectivity index (χ1v) is 27.1. The molecular weight excluding hydrogens is 819 g/mol. The molecule has 8 saturated carbocycles. The lowest BCUT2D eigenvalue weighted by Gasteiger charge is -2.63. The molecule has 0 aromatic heterocycles. The number of nitrogens with zero attached hydrogens (tertiary/aromatic N) is 1. The van der Waals surface area contributed by atoms with Crippen LogP contribution in [0.5, 0.6) is 0 Å². The van der Waals surface area contributed by atoms with Gasteiger partial charge < -0.3 is 46.6 Å². The summed E-state index contributed by atoms with van der Waals surface area (Å²) in [7, 11) is 0. The summed E-state index contributed by atoms with van der Waals surface area (Å²) >= 11 is 0.